The molecule has 0 atom stereocenters. The van der Waals surface area contributed by atoms with Crippen LogP contribution in [0, 0.1) is 0 Å². The second-order valence-electron chi connectivity index (χ2n) is 5.59. The van der Waals surface area contributed by atoms with Crippen molar-refractivity contribution in [3.05, 3.63) is 62.4 Å². The molecular formula is C17H17ClO4S. The zero-order chi connectivity index (χ0) is 17.4. The zero-order valence-corrected chi connectivity index (χ0v) is 14.5. The van der Waals surface area contributed by atoms with E-state index >= 15 is 0 Å². The number of carbonyl (C=O) groups is 2. The Labute approximate surface area is 141 Å². The topological polar surface area (TPSA) is 74.6 Å². The number of allylic oxidation sites excluding steroid dienone is 2. The summed E-state index contributed by atoms with van der Waals surface area (Å²) in [7, 11) is -1.41. The molecule has 0 unspecified atom stereocenters. The first-order valence-electron chi connectivity index (χ1n) is 6.74. The van der Waals surface area contributed by atoms with Gasteiger partial charge in [0.25, 0.3) is 0 Å². The number of carboxylic acid groups (broad SMARTS) is 1. The van der Waals surface area contributed by atoms with Crippen molar-refractivity contribution in [2.45, 2.75) is 6.92 Å². The van der Waals surface area contributed by atoms with Gasteiger partial charge < -0.3 is 10.2 Å². The van der Waals surface area contributed by atoms with Crippen molar-refractivity contribution >= 4 is 33.4 Å². The van der Waals surface area contributed by atoms with Crippen LogP contribution in [-0.4, -0.2) is 34.5 Å². The van der Waals surface area contributed by atoms with Crippen LogP contribution in [0.25, 0.3) is 0 Å². The zero-order valence-electron chi connectivity index (χ0n) is 13.0. The van der Waals surface area contributed by atoms with Crippen molar-refractivity contribution in [1.29, 1.82) is 0 Å². The number of carboxylic acids is 1. The number of ketones is 1. The Morgan fingerprint density at radius 3 is 2.43 bits per heavy atom. The molecule has 0 saturated heterocycles. The average molecular weight is 353 g/mol. The van der Waals surface area contributed by atoms with E-state index in [1.165, 1.54) is 24.3 Å². The van der Waals surface area contributed by atoms with Crippen LogP contribution in [0.5, 0.6) is 5.75 Å². The van der Waals surface area contributed by atoms with Crippen LogP contribution < -0.4 is 0 Å². The van der Waals surface area contributed by atoms with E-state index in [-0.39, 0.29) is 22.7 Å². The van der Waals surface area contributed by atoms with E-state index in [4.69, 9.17) is 11.6 Å². The molecule has 0 amide bonds. The Kier molecular flexibility index (Phi) is 4.73. The molecule has 1 aliphatic heterocycles. The van der Waals surface area contributed by atoms with Gasteiger partial charge in [0.1, 0.15) is 5.75 Å². The number of aliphatic carboxylic acids is 1. The molecule has 23 heavy (non-hydrogen) atoms. The van der Waals surface area contributed by atoms with E-state index < -0.39 is 16.0 Å². The third-order valence-corrected chi connectivity index (χ3v) is 6.23. The van der Waals surface area contributed by atoms with Crippen molar-refractivity contribution in [3.8, 4) is 5.75 Å². The summed E-state index contributed by atoms with van der Waals surface area (Å²) < 4.78 is 0. The molecule has 122 valence electrons. The van der Waals surface area contributed by atoms with Gasteiger partial charge in [-0.15, -0.1) is 0 Å². The highest BCUT2D eigenvalue weighted by Gasteiger charge is 2.28. The van der Waals surface area contributed by atoms with Crippen molar-refractivity contribution < 1.29 is 19.8 Å². The standard InChI is InChI=1S/C17H17ClO4S/c1-10-13(17(21)22)9-23(2,3)16(10)7-6-14(19)12-5-4-11(18)8-15(12)20/h4-9,20H,1-3H3,(H,21,22). The normalized spacial score (nSPS) is 18.2. The van der Waals surface area contributed by atoms with Crippen molar-refractivity contribution in [1.82, 2.24) is 0 Å². The summed E-state index contributed by atoms with van der Waals surface area (Å²) in [6.07, 6.45) is 6.94. The summed E-state index contributed by atoms with van der Waals surface area (Å²) in [6.45, 7) is 1.74. The van der Waals surface area contributed by atoms with Crippen LogP contribution in [0.1, 0.15) is 17.3 Å². The maximum atomic E-state index is 12.2. The average Bonchev–Trinajstić information content (AvgIpc) is 2.66. The van der Waals surface area contributed by atoms with Gasteiger partial charge in [-0.2, -0.15) is 10.0 Å². The highest BCUT2D eigenvalue weighted by molar-refractivity contribution is 8.38. The van der Waals surface area contributed by atoms with Crippen LogP contribution >= 0.6 is 21.6 Å². The van der Waals surface area contributed by atoms with Gasteiger partial charge in [0, 0.05) is 5.02 Å². The SMILES string of the molecule is CC1=C(C=CC(=O)c2ccc(Cl)cc2O)S(C)(C)C=C1C(=O)O. The Morgan fingerprint density at radius 2 is 1.91 bits per heavy atom. The first-order valence-corrected chi connectivity index (χ1v) is 9.63. The van der Waals surface area contributed by atoms with Gasteiger partial charge in [-0.1, -0.05) is 11.6 Å². The number of hydrogen-bond acceptors (Lipinski definition) is 3. The number of rotatable bonds is 4. The summed E-state index contributed by atoms with van der Waals surface area (Å²) in [5.41, 5.74) is 1.11. The van der Waals surface area contributed by atoms with Crippen LogP contribution in [0.2, 0.25) is 5.02 Å². The number of benzene rings is 1. The molecule has 6 heteroatoms. The number of phenolic OH excluding ortho intramolecular Hbond substituents is 1. The smallest absolute Gasteiger partial charge is 0.336 e. The fourth-order valence-corrected chi connectivity index (χ4v) is 4.92. The first-order chi connectivity index (χ1) is 10.6. The Balaban J connectivity index is 2.33. The van der Waals surface area contributed by atoms with E-state index in [1.807, 2.05) is 12.5 Å². The molecular weight excluding hydrogens is 336 g/mol. The van der Waals surface area contributed by atoms with Crippen molar-refractivity contribution in [2.75, 3.05) is 12.5 Å². The number of carbonyl (C=O) groups excluding carboxylic acids is 1. The molecule has 0 spiro atoms. The molecule has 1 aromatic rings. The predicted molar refractivity (Wildman–Crippen MR) is 94.4 cm³/mol. The monoisotopic (exact) mass is 352 g/mol. The number of hydrogen-bond donors (Lipinski definition) is 2. The highest BCUT2D eigenvalue weighted by atomic mass is 35.5. The Hall–Kier alpha value is -1.98. The summed E-state index contributed by atoms with van der Waals surface area (Å²) in [5, 5.41) is 21.1. The van der Waals surface area contributed by atoms with Gasteiger partial charge in [-0.3, -0.25) is 4.79 Å². The number of halogens is 1. The molecule has 4 nitrogen and oxygen atoms in total. The number of aromatic hydroxyl groups is 1. The lowest BCUT2D eigenvalue weighted by Crippen LogP contribution is -1.99. The minimum atomic E-state index is -1.41. The van der Waals surface area contributed by atoms with Gasteiger partial charge in [0.05, 0.1) is 11.1 Å². The van der Waals surface area contributed by atoms with Crippen LogP contribution in [0.4, 0.5) is 0 Å². The quantitative estimate of drug-likeness (QED) is 0.631. The second kappa shape index (κ2) is 6.26. The number of phenols is 1. The largest absolute Gasteiger partial charge is 0.507 e. The maximum Gasteiger partial charge on any atom is 0.336 e. The molecule has 1 aromatic carbocycles. The molecule has 1 aliphatic rings. The fourth-order valence-electron chi connectivity index (χ4n) is 2.44. The van der Waals surface area contributed by atoms with E-state index in [1.54, 1.807) is 18.4 Å². The minimum Gasteiger partial charge on any atom is -0.507 e. The Morgan fingerprint density at radius 1 is 1.26 bits per heavy atom. The molecule has 0 fully saturated rings. The molecule has 1 heterocycles. The molecule has 0 bridgehead atoms. The predicted octanol–water partition coefficient (Wildman–Crippen LogP) is 4.10. The van der Waals surface area contributed by atoms with E-state index in [9.17, 15) is 19.8 Å². The summed E-state index contributed by atoms with van der Waals surface area (Å²) in [4.78, 5) is 24.3. The molecule has 0 aliphatic carbocycles. The Bertz CT molecular complexity index is 788. The van der Waals surface area contributed by atoms with Gasteiger partial charge in [0.2, 0.25) is 0 Å². The fraction of sp³-hybridized carbons (Fsp3) is 0.176. The molecule has 0 aromatic heterocycles. The molecule has 2 rings (SSSR count). The summed E-state index contributed by atoms with van der Waals surface area (Å²) in [6, 6.07) is 4.29. The second-order valence-corrected chi connectivity index (χ2v) is 9.51. The lowest BCUT2D eigenvalue weighted by atomic mass is 10.1. The first kappa shape index (κ1) is 17.4. The molecule has 2 N–H and O–H groups in total. The summed E-state index contributed by atoms with van der Waals surface area (Å²) in [5.74, 6) is -1.51. The van der Waals surface area contributed by atoms with E-state index in [0.29, 0.717) is 10.6 Å². The minimum absolute atomic E-state index is 0.154. The van der Waals surface area contributed by atoms with Gasteiger partial charge in [-0.25, -0.2) is 4.79 Å². The molecule has 0 saturated carbocycles. The van der Waals surface area contributed by atoms with Gasteiger partial charge >= 0.3 is 5.97 Å². The van der Waals surface area contributed by atoms with Crippen LogP contribution in [0.3, 0.4) is 0 Å². The lowest BCUT2D eigenvalue weighted by Gasteiger charge is -2.25. The third kappa shape index (κ3) is 3.51. The van der Waals surface area contributed by atoms with E-state index in [0.717, 1.165) is 4.91 Å². The highest BCUT2D eigenvalue weighted by Crippen LogP contribution is 2.58. The lowest BCUT2D eigenvalue weighted by molar-refractivity contribution is -0.132. The van der Waals surface area contributed by atoms with Crippen LogP contribution in [0.15, 0.2) is 51.8 Å². The third-order valence-electron chi connectivity index (χ3n) is 3.59. The summed E-state index contributed by atoms with van der Waals surface area (Å²) >= 11 is 5.75. The van der Waals surface area contributed by atoms with Gasteiger partial charge in [0.15, 0.2) is 5.78 Å². The van der Waals surface area contributed by atoms with Gasteiger partial charge in [-0.05, 0) is 65.7 Å². The van der Waals surface area contributed by atoms with Crippen molar-refractivity contribution in [2.24, 2.45) is 0 Å². The van der Waals surface area contributed by atoms with Crippen LogP contribution in [-0.2, 0) is 4.79 Å². The van der Waals surface area contributed by atoms with E-state index in [2.05, 4.69) is 0 Å². The van der Waals surface area contributed by atoms with Crippen molar-refractivity contribution in [3.63, 3.8) is 0 Å². The molecule has 0 radical (unpaired) electrons. The maximum absolute atomic E-state index is 12.2.